The molecule has 2 fully saturated rings. The fourth-order valence-electron chi connectivity index (χ4n) is 3.16. The van der Waals surface area contributed by atoms with Gasteiger partial charge < -0.3 is 15.0 Å². The summed E-state index contributed by atoms with van der Waals surface area (Å²) in [5.74, 6) is 0.981. The molecule has 0 amide bonds. The van der Waals surface area contributed by atoms with E-state index < -0.39 is 0 Å². The predicted molar refractivity (Wildman–Crippen MR) is 77.5 cm³/mol. The Morgan fingerprint density at radius 3 is 3.10 bits per heavy atom. The molecule has 6 heteroatoms. The van der Waals surface area contributed by atoms with E-state index in [0.717, 1.165) is 44.5 Å². The maximum Gasteiger partial charge on any atom is 0.193 e. The first-order valence-electron chi connectivity index (χ1n) is 7.23. The zero-order valence-electron chi connectivity index (χ0n) is 12.3. The highest BCUT2D eigenvalue weighted by atomic mass is 16.5. The standard InChI is InChI=1S/C14H23N5O/c1-15-13(16-9-12-3-6-17-18(12)2)19-7-4-14(10-19)5-8-20-11-14/h3,6H,4-5,7-11H2,1-2H3,(H,15,16). The van der Waals surface area contributed by atoms with Crippen LogP contribution in [-0.2, 0) is 18.3 Å². The molecule has 1 aromatic heterocycles. The van der Waals surface area contributed by atoms with Gasteiger partial charge in [0.15, 0.2) is 5.96 Å². The second-order valence-corrected chi connectivity index (χ2v) is 5.82. The smallest absolute Gasteiger partial charge is 0.193 e. The molecule has 110 valence electrons. The van der Waals surface area contributed by atoms with E-state index in [4.69, 9.17) is 4.74 Å². The van der Waals surface area contributed by atoms with E-state index in [0.29, 0.717) is 5.41 Å². The molecular formula is C14H23N5O. The molecule has 3 rings (SSSR count). The van der Waals surface area contributed by atoms with E-state index in [9.17, 15) is 0 Å². The van der Waals surface area contributed by atoms with E-state index in [1.165, 1.54) is 12.8 Å². The Morgan fingerprint density at radius 1 is 1.55 bits per heavy atom. The molecule has 1 N–H and O–H groups in total. The summed E-state index contributed by atoms with van der Waals surface area (Å²) in [7, 11) is 3.81. The van der Waals surface area contributed by atoms with Gasteiger partial charge in [0.25, 0.3) is 0 Å². The number of nitrogens with one attached hydrogen (secondary N) is 1. The second kappa shape index (κ2) is 5.44. The molecule has 0 aliphatic carbocycles. The minimum atomic E-state index is 0.365. The summed E-state index contributed by atoms with van der Waals surface area (Å²) in [5, 5.41) is 7.62. The van der Waals surface area contributed by atoms with E-state index in [1.807, 2.05) is 31.0 Å². The van der Waals surface area contributed by atoms with Crippen LogP contribution in [0.1, 0.15) is 18.5 Å². The van der Waals surface area contributed by atoms with Crippen molar-refractivity contribution in [2.75, 3.05) is 33.4 Å². The number of ether oxygens (including phenoxy) is 1. The van der Waals surface area contributed by atoms with Crippen molar-refractivity contribution in [2.24, 2.45) is 17.5 Å². The maximum absolute atomic E-state index is 5.58. The Bertz CT molecular complexity index is 490. The van der Waals surface area contributed by atoms with Gasteiger partial charge in [-0.25, -0.2) is 0 Å². The molecule has 2 aliphatic rings. The van der Waals surface area contributed by atoms with E-state index in [2.05, 4.69) is 20.3 Å². The third-order valence-electron chi connectivity index (χ3n) is 4.48. The van der Waals surface area contributed by atoms with Gasteiger partial charge in [-0.2, -0.15) is 5.10 Å². The van der Waals surface area contributed by atoms with E-state index in [1.54, 1.807) is 0 Å². The number of likely N-dealkylation sites (tertiary alicyclic amines) is 1. The molecule has 6 nitrogen and oxygen atoms in total. The SMILES string of the molecule is CN=C(NCc1ccnn1C)N1CCC2(CCOC2)C1. The normalized spacial score (nSPS) is 26.7. The van der Waals surface area contributed by atoms with Gasteiger partial charge in [0.05, 0.1) is 18.8 Å². The van der Waals surface area contributed by atoms with Crippen LogP contribution >= 0.6 is 0 Å². The number of aromatic nitrogens is 2. The van der Waals surface area contributed by atoms with Crippen LogP contribution in [0.25, 0.3) is 0 Å². The van der Waals surface area contributed by atoms with Crippen molar-refractivity contribution in [3.63, 3.8) is 0 Å². The molecule has 1 atom stereocenters. The van der Waals surface area contributed by atoms with Gasteiger partial charge in [-0.1, -0.05) is 0 Å². The number of hydrogen-bond donors (Lipinski definition) is 1. The molecular weight excluding hydrogens is 254 g/mol. The van der Waals surface area contributed by atoms with Crippen molar-refractivity contribution >= 4 is 5.96 Å². The summed E-state index contributed by atoms with van der Waals surface area (Å²) >= 11 is 0. The first-order valence-corrected chi connectivity index (χ1v) is 7.23. The lowest BCUT2D eigenvalue weighted by molar-refractivity contribution is 0.156. The number of aryl methyl sites for hydroxylation is 1. The Kier molecular flexibility index (Phi) is 3.65. The molecule has 1 aromatic rings. The second-order valence-electron chi connectivity index (χ2n) is 5.82. The van der Waals surface area contributed by atoms with Gasteiger partial charge in [-0.3, -0.25) is 9.67 Å². The van der Waals surface area contributed by atoms with Crippen LogP contribution in [0.4, 0.5) is 0 Å². The van der Waals surface area contributed by atoms with Gasteiger partial charge in [0.2, 0.25) is 0 Å². The summed E-state index contributed by atoms with van der Waals surface area (Å²) in [6.07, 6.45) is 4.21. The van der Waals surface area contributed by atoms with Crippen LogP contribution in [0, 0.1) is 5.41 Å². The molecule has 0 radical (unpaired) electrons. The number of rotatable bonds is 2. The average molecular weight is 277 g/mol. The number of nitrogens with zero attached hydrogens (tertiary/aromatic N) is 4. The van der Waals surface area contributed by atoms with Crippen molar-refractivity contribution in [2.45, 2.75) is 19.4 Å². The molecule has 1 spiro atoms. The third kappa shape index (κ3) is 2.52. The van der Waals surface area contributed by atoms with Crippen molar-refractivity contribution in [1.29, 1.82) is 0 Å². The Hall–Kier alpha value is -1.56. The van der Waals surface area contributed by atoms with Crippen molar-refractivity contribution in [1.82, 2.24) is 20.0 Å². The third-order valence-corrected chi connectivity index (χ3v) is 4.48. The number of hydrogen-bond acceptors (Lipinski definition) is 3. The van der Waals surface area contributed by atoms with E-state index >= 15 is 0 Å². The highest BCUT2D eigenvalue weighted by Crippen LogP contribution is 2.38. The van der Waals surface area contributed by atoms with Gasteiger partial charge >= 0.3 is 0 Å². The molecule has 2 aliphatic heterocycles. The summed E-state index contributed by atoms with van der Waals surface area (Å²) in [4.78, 5) is 6.77. The van der Waals surface area contributed by atoms with E-state index in [-0.39, 0.29) is 0 Å². The van der Waals surface area contributed by atoms with Crippen molar-refractivity contribution in [3.8, 4) is 0 Å². The topological polar surface area (TPSA) is 54.7 Å². The molecule has 0 aromatic carbocycles. The zero-order valence-corrected chi connectivity index (χ0v) is 12.3. The zero-order chi connectivity index (χ0) is 14.0. The number of guanidine groups is 1. The van der Waals surface area contributed by atoms with Crippen LogP contribution in [-0.4, -0.2) is 54.0 Å². The number of aliphatic imine (C=N–C) groups is 1. The molecule has 3 heterocycles. The monoisotopic (exact) mass is 277 g/mol. The lowest BCUT2D eigenvalue weighted by atomic mass is 9.87. The molecule has 0 saturated carbocycles. The van der Waals surface area contributed by atoms with Gasteiger partial charge in [-0.15, -0.1) is 0 Å². The molecule has 1 unspecified atom stereocenters. The van der Waals surface area contributed by atoms with Crippen molar-refractivity contribution in [3.05, 3.63) is 18.0 Å². The van der Waals surface area contributed by atoms with Crippen LogP contribution in [0.3, 0.4) is 0 Å². The van der Waals surface area contributed by atoms with Crippen LogP contribution in [0.5, 0.6) is 0 Å². The molecule has 0 bridgehead atoms. The predicted octanol–water partition coefficient (Wildman–Crippen LogP) is 0.608. The summed E-state index contributed by atoms with van der Waals surface area (Å²) in [6, 6.07) is 2.02. The minimum absolute atomic E-state index is 0.365. The lowest BCUT2D eigenvalue weighted by Crippen LogP contribution is -2.41. The van der Waals surface area contributed by atoms with Gasteiger partial charge in [-0.05, 0) is 18.9 Å². The summed E-state index contributed by atoms with van der Waals surface area (Å²) in [6.45, 7) is 4.69. The van der Waals surface area contributed by atoms with Crippen LogP contribution in [0.2, 0.25) is 0 Å². The quantitative estimate of drug-likeness (QED) is 0.635. The first kappa shape index (κ1) is 13.4. The van der Waals surface area contributed by atoms with Crippen LogP contribution in [0.15, 0.2) is 17.3 Å². The highest BCUT2D eigenvalue weighted by Gasteiger charge is 2.42. The largest absolute Gasteiger partial charge is 0.381 e. The lowest BCUT2D eigenvalue weighted by Gasteiger charge is -2.24. The average Bonchev–Trinajstić information content (AvgIpc) is 3.16. The van der Waals surface area contributed by atoms with Gasteiger partial charge in [0, 0.05) is 45.4 Å². The maximum atomic E-state index is 5.58. The van der Waals surface area contributed by atoms with Gasteiger partial charge in [0.1, 0.15) is 0 Å². The van der Waals surface area contributed by atoms with Crippen molar-refractivity contribution < 1.29 is 4.74 Å². The highest BCUT2D eigenvalue weighted by molar-refractivity contribution is 5.80. The first-order chi connectivity index (χ1) is 9.72. The fraction of sp³-hybridized carbons (Fsp3) is 0.714. The summed E-state index contributed by atoms with van der Waals surface area (Å²) < 4.78 is 7.47. The molecule has 2 saturated heterocycles. The summed E-state index contributed by atoms with van der Waals surface area (Å²) in [5.41, 5.74) is 1.52. The Labute approximate surface area is 119 Å². The Morgan fingerprint density at radius 2 is 2.45 bits per heavy atom. The minimum Gasteiger partial charge on any atom is -0.381 e. The fourth-order valence-corrected chi connectivity index (χ4v) is 3.16. The van der Waals surface area contributed by atoms with Crippen LogP contribution < -0.4 is 5.32 Å². The molecule has 20 heavy (non-hydrogen) atoms. The Balaban J connectivity index is 1.59.